The van der Waals surface area contributed by atoms with Crippen molar-refractivity contribution >= 4 is 5.91 Å². The Hall–Kier alpha value is -0.570. The summed E-state index contributed by atoms with van der Waals surface area (Å²) in [7, 11) is 0. The first-order chi connectivity index (χ1) is 8.17. The first-order valence-corrected chi connectivity index (χ1v) is 7.24. The van der Waals surface area contributed by atoms with Crippen molar-refractivity contribution in [1.29, 1.82) is 0 Å². The third-order valence-electron chi connectivity index (χ3n) is 3.92. The Kier molecular flexibility index (Phi) is 5.96. The third kappa shape index (κ3) is 3.44. The highest BCUT2D eigenvalue weighted by Gasteiger charge is 2.37. The van der Waals surface area contributed by atoms with Gasteiger partial charge in [0.15, 0.2) is 0 Å². The number of nitrogens with zero attached hydrogens (tertiary/aromatic N) is 1. The van der Waals surface area contributed by atoms with Crippen molar-refractivity contribution in [2.24, 2.45) is 5.92 Å². The zero-order chi connectivity index (χ0) is 12.8. The summed E-state index contributed by atoms with van der Waals surface area (Å²) in [6.45, 7) is 9.65. The van der Waals surface area contributed by atoms with Crippen LogP contribution >= 0.6 is 0 Å². The van der Waals surface area contributed by atoms with Gasteiger partial charge in [-0.25, -0.2) is 0 Å². The Bertz CT molecular complexity index is 238. The van der Waals surface area contributed by atoms with Gasteiger partial charge in [0.1, 0.15) is 0 Å². The van der Waals surface area contributed by atoms with Crippen LogP contribution in [0.15, 0.2) is 0 Å². The predicted octanol–water partition coefficient (Wildman–Crippen LogP) is 2.76. The standard InChI is InChI=1S/C14H28N2O/c1-5-9-12-14(17)16(13(8-4)15-12)10-11(6-2)7-3/h11-13,15H,5-10H2,1-4H3. The van der Waals surface area contributed by atoms with Crippen LogP contribution in [-0.4, -0.2) is 29.6 Å². The van der Waals surface area contributed by atoms with E-state index in [4.69, 9.17) is 0 Å². The van der Waals surface area contributed by atoms with Crippen molar-refractivity contribution < 1.29 is 4.79 Å². The van der Waals surface area contributed by atoms with Crippen LogP contribution in [0.1, 0.15) is 59.8 Å². The molecule has 100 valence electrons. The van der Waals surface area contributed by atoms with E-state index in [1.165, 1.54) is 0 Å². The number of carbonyl (C=O) groups excluding carboxylic acids is 1. The predicted molar refractivity (Wildman–Crippen MR) is 71.7 cm³/mol. The van der Waals surface area contributed by atoms with E-state index in [-0.39, 0.29) is 12.2 Å². The van der Waals surface area contributed by atoms with Gasteiger partial charge in [-0.05, 0) is 18.8 Å². The van der Waals surface area contributed by atoms with Gasteiger partial charge in [-0.15, -0.1) is 0 Å². The minimum atomic E-state index is 0.0688. The maximum atomic E-state index is 12.3. The quantitative estimate of drug-likeness (QED) is 0.742. The molecule has 1 rings (SSSR count). The molecule has 2 atom stereocenters. The average molecular weight is 240 g/mol. The summed E-state index contributed by atoms with van der Waals surface area (Å²) in [4.78, 5) is 14.4. The Labute approximate surface area is 106 Å². The van der Waals surface area contributed by atoms with Crippen LogP contribution in [-0.2, 0) is 4.79 Å². The molecule has 0 aromatic rings. The van der Waals surface area contributed by atoms with E-state index in [1.54, 1.807) is 0 Å². The lowest BCUT2D eigenvalue weighted by molar-refractivity contribution is -0.130. The molecule has 1 saturated heterocycles. The van der Waals surface area contributed by atoms with Crippen LogP contribution in [0.2, 0.25) is 0 Å². The molecular weight excluding hydrogens is 212 g/mol. The molecular formula is C14H28N2O. The Morgan fingerprint density at radius 3 is 2.35 bits per heavy atom. The highest BCUT2D eigenvalue weighted by molar-refractivity contribution is 5.84. The number of nitrogens with one attached hydrogen (secondary N) is 1. The molecule has 1 aliphatic rings. The van der Waals surface area contributed by atoms with Crippen LogP contribution < -0.4 is 5.32 Å². The van der Waals surface area contributed by atoms with E-state index < -0.39 is 0 Å². The van der Waals surface area contributed by atoms with E-state index in [2.05, 4.69) is 37.9 Å². The van der Waals surface area contributed by atoms with Crippen LogP contribution in [0, 0.1) is 5.92 Å². The van der Waals surface area contributed by atoms with Crippen LogP contribution in [0.5, 0.6) is 0 Å². The number of amides is 1. The summed E-state index contributed by atoms with van der Waals surface area (Å²) >= 11 is 0. The monoisotopic (exact) mass is 240 g/mol. The SMILES string of the molecule is CCCC1NC(CC)N(CC(CC)CC)C1=O. The summed E-state index contributed by atoms with van der Waals surface area (Å²) in [5.41, 5.74) is 0. The van der Waals surface area contributed by atoms with Crippen molar-refractivity contribution in [3.8, 4) is 0 Å². The number of rotatable bonds is 7. The highest BCUT2D eigenvalue weighted by atomic mass is 16.2. The molecule has 1 fully saturated rings. The number of hydrogen-bond acceptors (Lipinski definition) is 2. The number of hydrogen-bond donors (Lipinski definition) is 1. The zero-order valence-corrected chi connectivity index (χ0v) is 11.8. The smallest absolute Gasteiger partial charge is 0.241 e. The molecule has 17 heavy (non-hydrogen) atoms. The fraction of sp³-hybridized carbons (Fsp3) is 0.929. The lowest BCUT2D eigenvalue weighted by atomic mass is 10.0. The van der Waals surface area contributed by atoms with Gasteiger partial charge in [0, 0.05) is 6.54 Å². The molecule has 0 aromatic carbocycles. The van der Waals surface area contributed by atoms with E-state index in [0.717, 1.165) is 38.6 Å². The largest absolute Gasteiger partial charge is 0.326 e. The second-order valence-electron chi connectivity index (χ2n) is 5.11. The molecule has 2 unspecified atom stereocenters. The molecule has 3 nitrogen and oxygen atoms in total. The van der Waals surface area contributed by atoms with Gasteiger partial charge in [0.05, 0.1) is 12.2 Å². The minimum absolute atomic E-state index is 0.0688. The van der Waals surface area contributed by atoms with Gasteiger partial charge in [-0.2, -0.15) is 0 Å². The van der Waals surface area contributed by atoms with E-state index >= 15 is 0 Å². The summed E-state index contributed by atoms with van der Waals surface area (Å²) in [5, 5.41) is 3.47. The van der Waals surface area contributed by atoms with Gasteiger partial charge in [0.25, 0.3) is 0 Å². The maximum Gasteiger partial charge on any atom is 0.241 e. The molecule has 0 bridgehead atoms. The molecule has 1 heterocycles. The minimum Gasteiger partial charge on any atom is -0.326 e. The van der Waals surface area contributed by atoms with Gasteiger partial charge in [0.2, 0.25) is 5.91 Å². The molecule has 3 heteroatoms. The Balaban J connectivity index is 2.64. The van der Waals surface area contributed by atoms with E-state index in [0.29, 0.717) is 11.8 Å². The molecule has 0 aliphatic carbocycles. The summed E-state index contributed by atoms with van der Waals surface area (Å²) < 4.78 is 0. The maximum absolute atomic E-state index is 12.3. The van der Waals surface area contributed by atoms with E-state index in [1.807, 2.05) is 0 Å². The average Bonchev–Trinajstić information content (AvgIpc) is 2.64. The van der Waals surface area contributed by atoms with Crippen LogP contribution in [0.4, 0.5) is 0 Å². The topological polar surface area (TPSA) is 32.3 Å². The Morgan fingerprint density at radius 2 is 1.88 bits per heavy atom. The molecule has 0 radical (unpaired) electrons. The fourth-order valence-corrected chi connectivity index (χ4v) is 2.62. The molecule has 1 N–H and O–H groups in total. The van der Waals surface area contributed by atoms with Crippen molar-refractivity contribution in [2.45, 2.75) is 72.0 Å². The van der Waals surface area contributed by atoms with Crippen molar-refractivity contribution in [1.82, 2.24) is 10.2 Å². The molecule has 0 saturated carbocycles. The van der Waals surface area contributed by atoms with Gasteiger partial charge in [-0.3, -0.25) is 10.1 Å². The highest BCUT2D eigenvalue weighted by Crippen LogP contribution is 2.20. The van der Waals surface area contributed by atoms with Crippen LogP contribution in [0.3, 0.4) is 0 Å². The van der Waals surface area contributed by atoms with Crippen LogP contribution in [0.25, 0.3) is 0 Å². The van der Waals surface area contributed by atoms with Crippen molar-refractivity contribution in [3.05, 3.63) is 0 Å². The lowest BCUT2D eigenvalue weighted by Gasteiger charge is -2.27. The Morgan fingerprint density at radius 1 is 1.24 bits per heavy atom. The first-order valence-electron chi connectivity index (χ1n) is 7.24. The fourth-order valence-electron chi connectivity index (χ4n) is 2.62. The second-order valence-corrected chi connectivity index (χ2v) is 5.11. The van der Waals surface area contributed by atoms with Gasteiger partial charge >= 0.3 is 0 Å². The zero-order valence-electron chi connectivity index (χ0n) is 11.8. The summed E-state index contributed by atoms with van der Waals surface area (Å²) in [6.07, 6.45) is 5.63. The normalized spacial score (nSPS) is 25.0. The first kappa shape index (κ1) is 14.5. The molecule has 0 spiro atoms. The van der Waals surface area contributed by atoms with Gasteiger partial charge < -0.3 is 4.90 Å². The molecule has 0 aromatic heterocycles. The molecule has 1 aliphatic heterocycles. The van der Waals surface area contributed by atoms with Crippen molar-refractivity contribution in [2.75, 3.05) is 6.54 Å². The summed E-state index contributed by atoms with van der Waals surface area (Å²) in [5.74, 6) is 0.973. The second kappa shape index (κ2) is 7.00. The van der Waals surface area contributed by atoms with Crippen molar-refractivity contribution in [3.63, 3.8) is 0 Å². The molecule has 1 amide bonds. The van der Waals surface area contributed by atoms with E-state index in [9.17, 15) is 4.79 Å². The number of carbonyl (C=O) groups is 1. The lowest BCUT2D eigenvalue weighted by Crippen LogP contribution is -2.39. The summed E-state index contributed by atoms with van der Waals surface area (Å²) in [6, 6.07) is 0.0688. The van der Waals surface area contributed by atoms with Gasteiger partial charge in [-0.1, -0.05) is 47.0 Å². The third-order valence-corrected chi connectivity index (χ3v) is 3.92.